The second kappa shape index (κ2) is 6.09. The molecule has 8 heteroatoms. The molecule has 1 saturated heterocycles. The molecule has 0 spiro atoms. The summed E-state index contributed by atoms with van der Waals surface area (Å²) in [4.78, 5) is 23.3. The monoisotopic (exact) mass is 278 g/mol. The van der Waals surface area contributed by atoms with Gasteiger partial charge >= 0.3 is 6.09 Å². The van der Waals surface area contributed by atoms with Crippen LogP contribution in [-0.4, -0.2) is 53.7 Å². The fraction of sp³-hybridized carbons (Fsp3) is 0.417. The van der Waals surface area contributed by atoms with Crippen molar-refractivity contribution in [3.63, 3.8) is 0 Å². The van der Waals surface area contributed by atoms with E-state index in [1.807, 2.05) is 4.90 Å². The predicted octanol–water partition coefficient (Wildman–Crippen LogP) is 0.0856. The largest absolute Gasteiger partial charge is 0.445 e. The highest BCUT2D eigenvalue weighted by atomic mass is 16.6. The van der Waals surface area contributed by atoms with Crippen LogP contribution in [0.4, 0.5) is 22.4 Å². The molecule has 1 aromatic heterocycles. The summed E-state index contributed by atoms with van der Waals surface area (Å²) in [6.07, 6.45) is 1.21. The Morgan fingerprint density at radius 3 is 2.65 bits per heavy atom. The van der Waals surface area contributed by atoms with Crippen molar-refractivity contribution in [2.45, 2.75) is 0 Å². The third-order valence-electron chi connectivity index (χ3n) is 2.94. The molecule has 8 nitrogen and oxygen atoms in total. The van der Waals surface area contributed by atoms with Gasteiger partial charge in [0.1, 0.15) is 18.2 Å². The average molecular weight is 278 g/mol. The van der Waals surface area contributed by atoms with Crippen molar-refractivity contribution in [2.24, 2.45) is 0 Å². The van der Waals surface area contributed by atoms with E-state index in [-0.39, 0.29) is 18.6 Å². The molecular formula is C12H18N6O2. The Morgan fingerprint density at radius 1 is 1.35 bits per heavy atom. The molecule has 1 aromatic rings. The van der Waals surface area contributed by atoms with Crippen LogP contribution in [0.2, 0.25) is 0 Å². The maximum Gasteiger partial charge on any atom is 0.410 e. The average Bonchev–Trinajstić information content (AvgIpc) is 2.44. The molecular weight excluding hydrogens is 260 g/mol. The van der Waals surface area contributed by atoms with E-state index in [1.165, 1.54) is 0 Å². The van der Waals surface area contributed by atoms with Crippen LogP contribution in [0.15, 0.2) is 18.7 Å². The van der Waals surface area contributed by atoms with Crippen LogP contribution in [0.5, 0.6) is 0 Å². The van der Waals surface area contributed by atoms with Crippen molar-refractivity contribution in [1.29, 1.82) is 0 Å². The summed E-state index contributed by atoms with van der Waals surface area (Å²) >= 11 is 0. The van der Waals surface area contributed by atoms with E-state index in [4.69, 9.17) is 16.2 Å². The summed E-state index contributed by atoms with van der Waals surface area (Å²) in [5.41, 5.74) is 11.2. The number of piperazine rings is 1. The molecule has 0 atom stereocenters. The van der Waals surface area contributed by atoms with Gasteiger partial charge in [0.25, 0.3) is 0 Å². The molecule has 20 heavy (non-hydrogen) atoms. The maximum absolute atomic E-state index is 11.7. The van der Waals surface area contributed by atoms with E-state index < -0.39 is 0 Å². The van der Waals surface area contributed by atoms with E-state index in [1.54, 1.807) is 17.0 Å². The summed E-state index contributed by atoms with van der Waals surface area (Å²) in [6, 6.07) is 1.67. The van der Waals surface area contributed by atoms with E-state index in [9.17, 15) is 4.79 Å². The van der Waals surface area contributed by atoms with Crippen molar-refractivity contribution < 1.29 is 9.53 Å². The standard InChI is InChI=1S/C12H18N6O2/c1-2-7-20-12(19)18-5-3-17(4-6-18)10-8-9(13)15-11(14)16-10/h2,8H,1,3-7H2,(H4,13,14,15,16). The van der Waals surface area contributed by atoms with Crippen molar-refractivity contribution >= 4 is 23.7 Å². The zero-order chi connectivity index (χ0) is 14.5. The molecule has 1 aliphatic rings. The molecule has 4 N–H and O–H groups in total. The zero-order valence-corrected chi connectivity index (χ0v) is 11.2. The second-order valence-corrected chi connectivity index (χ2v) is 4.35. The molecule has 108 valence electrons. The molecule has 0 aromatic carbocycles. The van der Waals surface area contributed by atoms with Crippen molar-refractivity contribution in [3.05, 3.63) is 18.7 Å². The van der Waals surface area contributed by atoms with Crippen LogP contribution in [0, 0.1) is 0 Å². The van der Waals surface area contributed by atoms with Gasteiger partial charge in [0.05, 0.1) is 0 Å². The summed E-state index contributed by atoms with van der Waals surface area (Å²) < 4.78 is 4.99. The Balaban J connectivity index is 1.93. The predicted molar refractivity (Wildman–Crippen MR) is 76.2 cm³/mol. The van der Waals surface area contributed by atoms with Gasteiger partial charge in [-0.25, -0.2) is 4.79 Å². The molecule has 2 heterocycles. The van der Waals surface area contributed by atoms with Crippen molar-refractivity contribution in [3.8, 4) is 0 Å². The molecule has 1 fully saturated rings. The van der Waals surface area contributed by atoms with Crippen LogP contribution in [-0.2, 0) is 4.74 Å². The fourth-order valence-electron chi connectivity index (χ4n) is 1.97. The highest BCUT2D eigenvalue weighted by Crippen LogP contribution is 2.17. The summed E-state index contributed by atoms with van der Waals surface area (Å²) in [6.45, 7) is 6.11. The first-order valence-corrected chi connectivity index (χ1v) is 6.27. The topological polar surface area (TPSA) is 111 Å². The van der Waals surface area contributed by atoms with Crippen LogP contribution >= 0.6 is 0 Å². The third-order valence-corrected chi connectivity index (χ3v) is 2.94. The Morgan fingerprint density at radius 2 is 2.05 bits per heavy atom. The van der Waals surface area contributed by atoms with Crippen molar-refractivity contribution in [1.82, 2.24) is 14.9 Å². The molecule has 0 bridgehead atoms. The number of ether oxygens (including phenoxy) is 1. The van der Waals surface area contributed by atoms with E-state index in [0.29, 0.717) is 37.8 Å². The number of nitrogen functional groups attached to an aromatic ring is 2. The van der Waals surface area contributed by atoms with Crippen LogP contribution in [0.1, 0.15) is 0 Å². The number of hydrogen-bond acceptors (Lipinski definition) is 7. The van der Waals surface area contributed by atoms with Gasteiger partial charge in [-0.15, -0.1) is 0 Å². The zero-order valence-electron chi connectivity index (χ0n) is 11.2. The number of anilines is 3. The minimum atomic E-state index is -0.328. The highest BCUT2D eigenvalue weighted by Gasteiger charge is 2.23. The minimum absolute atomic E-state index is 0.146. The van der Waals surface area contributed by atoms with E-state index >= 15 is 0 Å². The van der Waals surface area contributed by atoms with Gasteiger partial charge in [0.15, 0.2) is 0 Å². The van der Waals surface area contributed by atoms with E-state index in [2.05, 4.69) is 16.5 Å². The third kappa shape index (κ3) is 3.28. The lowest BCUT2D eigenvalue weighted by Crippen LogP contribution is -2.49. The Hall–Kier alpha value is -2.51. The van der Waals surface area contributed by atoms with E-state index in [0.717, 1.165) is 0 Å². The summed E-state index contributed by atoms with van der Waals surface area (Å²) in [5, 5.41) is 0. The van der Waals surface area contributed by atoms with Crippen LogP contribution < -0.4 is 16.4 Å². The SMILES string of the molecule is C=CCOC(=O)N1CCN(c2cc(N)nc(N)n2)CC1. The smallest absolute Gasteiger partial charge is 0.410 e. The van der Waals surface area contributed by atoms with Crippen LogP contribution in [0.25, 0.3) is 0 Å². The number of nitrogens with two attached hydrogens (primary N) is 2. The van der Waals surface area contributed by atoms with Gasteiger partial charge in [0.2, 0.25) is 5.95 Å². The Labute approximate surface area is 117 Å². The fourth-order valence-corrected chi connectivity index (χ4v) is 1.97. The van der Waals surface area contributed by atoms with Crippen molar-refractivity contribution in [2.75, 3.05) is 49.2 Å². The lowest BCUT2D eigenvalue weighted by Gasteiger charge is -2.34. The molecule has 1 amide bonds. The molecule has 2 rings (SSSR count). The molecule has 0 unspecified atom stereocenters. The Kier molecular flexibility index (Phi) is 4.24. The molecule has 0 aliphatic carbocycles. The molecule has 1 aliphatic heterocycles. The number of carbonyl (C=O) groups excluding carboxylic acids is 1. The summed E-state index contributed by atoms with van der Waals surface area (Å²) in [5.74, 6) is 1.15. The van der Waals surface area contributed by atoms with Gasteiger partial charge in [-0.1, -0.05) is 12.7 Å². The number of carbonyl (C=O) groups is 1. The lowest BCUT2D eigenvalue weighted by atomic mass is 10.3. The lowest BCUT2D eigenvalue weighted by molar-refractivity contribution is 0.110. The van der Waals surface area contributed by atoms with Gasteiger partial charge in [0, 0.05) is 32.2 Å². The molecule has 0 saturated carbocycles. The second-order valence-electron chi connectivity index (χ2n) is 4.35. The van der Waals surface area contributed by atoms with Crippen LogP contribution in [0.3, 0.4) is 0 Å². The first-order valence-electron chi connectivity index (χ1n) is 6.27. The number of amides is 1. The normalized spacial score (nSPS) is 15.0. The minimum Gasteiger partial charge on any atom is -0.445 e. The number of aromatic nitrogens is 2. The van der Waals surface area contributed by atoms with Gasteiger partial charge in [-0.2, -0.15) is 9.97 Å². The number of hydrogen-bond donors (Lipinski definition) is 2. The summed E-state index contributed by atoms with van der Waals surface area (Å²) in [7, 11) is 0. The maximum atomic E-state index is 11.7. The van der Waals surface area contributed by atoms with Gasteiger partial charge in [-0.05, 0) is 0 Å². The quantitative estimate of drug-likeness (QED) is 0.753. The number of nitrogens with zero attached hydrogens (tertiary/aromatic N) is 4. The number of rotatable bonds is 3. The highest BCUT2D eigenvalue weighted by molar-refractivity contribution is 5.68. The van der Waals surface area contributed by atoms with Gasteiger partial charge < -0.3 is 26.0 Å². The van der Waals surface area contributed by atoms with Gasteiger partial charge in [-0.3, -0.25) is 0 Å². The Bertz CT molecular complexity index is 478. The molecule has 0 radical (unpaired) electrons. The first kappa shape index (κ1) is 13.9. The first-order chi connectivity index (χ1) is 9.60.